The minimum atomic E-state index is -0.0363. The molecule has 1 saturated heterocycles. The number of nitrogens with one attached hydrogen (secondary N) is 3. The molecule has 0 radical (unpaired) electrons. The summed E-state index contributed by atoms with van der Waals surface area (Å²) in [6.07, 6.45) is 11.6. The molecule has 0 aromatic carbocycles. The average molecular weight is 443 g/mol. The van der Waals surface area contributed by atoms with Gasteiger partial charge < -0.3 is 16.0 Å². The van der Waals surface area contributed by atoms with Crippen LogP contribution in [0.4, 0.5) is 11.8 Å². The van der Waals surface area contributed by atoms with Crippen LogP contribution in [-0.4, -0.2) is 40.0 Å². The summed E-state index contributed by atoms with van der Waals surface area (Å²) in [4.78, 5) is 25.9. The molecule has 0 bridgehead atoms. The second kappa shape index (κ2) is 10.4. The van der Waals surface area contributed by atoms with Gasteiger partial charge in [-0.2, -0.15) is 0 Å². The number of anilines is 2. The Hall–Kier alpha value is -2.25. The minimum Gasteiger partial charge on any atom is -0.351 e. The first kappa shape index (κ1) is 22.0. The number of pyridine rings is 1. The first-order valence-electron chi connectivity index (χ1n) is 11.4. The third-order valence-corrected chi connectivity index (χ3v) is 6.72. The Morgan fingerprint density at radius 3 is 2.81 bits per heavy atom. The molecule has 31 heavy (non-hydrogen) atoms. The maximum atomic E-state index is 12.6. The van der Waals surface area contributed by atoms with E-state index in [2.05, 4.69) is 32.8 Å². The van der Waals surface area contributed by atoms with Crippen molar-refractivity contribution in [1.29, 1.82) is 0 Å². The number of carbonyl (C=O) groups is 1. The van der Waals surface area contributed by atoms with Crippen LogP contribution in [0.15, 0.2) is 24.5 Å². The molecule has 1 saturated carbocycles. The zero-order valence-corrected chi connectivity index (χ0v) is 18.8. The lowest BCUT2D eigenvalue weighted by molar-refractivity contribution is -0.120. The quantitative estimate of drug-likeness (QED) is 0.609. The molecule has 3 N–H and O–H groups in total. The van der Waals surface area contributed by atoms with E-state index in [0.29, 0.717) is 41.0 Å². The molecule has 2 aliphatic rings. The van der Waals surface area contributed by atoms with Gasteiger partial charge in [0.1, 0.15) is 5.82 Å². The lowest BCUT2D eigenvalue weighted by atomic mass is 9.85. The van der Waals surface area contributed by atoms with Gasteiger partial charge in [-0.3, -0.25) is 4.79 Å². The number of piperidine rings is 1. The monoisotopic (exact) mass is 442 g/mol. The molecule has 2 fully saturated rings. The van der Waals surface area contributed by atoms with E-state index in [9.17, 15) is 4.79 Å². The molecule has 3 heterocycles. The van der Waals surface area contributed by atoms with Gasteiger partial charge in [-0.25, -0.2) is 15.0 Å². The highest BCUT2D eigenvalue weighted by molar-refractivity contribution is 6.33. The Labute approximate surface area is 188 Å². The van der Waals surface area contributed by atoms with Crippen molar-refractivity contribution in [2.45, 2.75) is 57.9 Å². The Morgan fingerprint density at radius 1 is 1.19 bits per heavy atom. The Kier molecular flexibility index (Phi) is 7.35. The summed E-state index contributed by atoms with van der Waals surface area (Å²) in [6, 6.07) is 3.93. The Balaban J connectivity index is 1.47. The van der Waals surface area contributed by atoms with Gasteiger partial charge in [0.2, 0.25) is 11.9 Å². The van der Waals surface area contributed by atoms with Gasteiger partial charge in [-0.1, -0.05) is 30.9 Å². The maximum Gasteiger partial charge on any atom is 0.229 e. The van der Waals surface area contributed by atoms with Gasteiger partial charge in [-0.15, -0.1) is 0 Å². The lowest BCUT2D eigenvalue weighted by Crippen LogP contribution is -2.37. The van der Waals surface area contributed by atoms with Crippen LogP contribution in [-0.2, 0) is 4.79 Å². The summed E-state index contributed by atoms with van der Waals surface area (Å²) in [5.41, 5.74) is 1.43. The maximum absolute atomic E-state index is 12.6. The number of nitrogens with zero attached hydrogens (tertiary/aromatic N) is 3. The number of hydrogen-bond acceptors (Lipinski definition) is 6. The van der Waals surface area contributed by atoms with E-state index in [0.717, 1.165) is 24.9 Å². The first-order chi connectivity index (χ1) is 15.1. The molecule has 1 amide bonds. The number of aromatic nitrogens is 3. The van der Waals surface area contributed by atoms with Crippen molar-refractivity contribution < 1.29 is 4.79 Å². The molecule has 1 aliphatic heterocycles. The fourth-order valence-electron chi connectivity index (χ4n) is 4.54. The van der Waals surface area contributed by atoms with Crippen LogP contribution in [0.1, 0.15) is 51.9 Å². The fourth-order valence-corrected chi connectivity index (χ4v) is 4.74. The number of halogens is 1. The second-order valence-electron chi connectivity index (χ2n) is 8.68. The van der Waals surface area contributed by atoms with Crippen molar-refractivity contribution >= 4 is 29.3 Å². The zero-order chi connectivity index (χ0) is 21.6. The normalized spacial score (nSPS) is 20.8. The third-order valence-electron chi connectivity index (χ3n) is 6.42. The topological polar surface area (TPSA) is 91.8 Å². The van der Waals surface area contributed by atoms with E-state index >= 15 is 0 Å². The minimum absolute atomic E-state index is 0.0145. The molecule has 8 heteroatoms. The van der Waals surface area contributed by atoms with Crippen molar-refractivity contribution in [3.63, 3.8) is 0 Å². The molecule has 2 aromatic heterocycles. The summed E-state index contributed by atoms with van der Waals surface area (Å²) >= 11 is 6.43. The molecule has 2 atom stereocenters. The Bertz CT molecular complexity index is 895. The van der Waals surface area contributed by atoms with Crippen molar-refractivity contribution in [1.82, 2.24) is 20.3 Å². The number of carbonyl (C=O) groups excluding carboxylic acids is 1. The molecule has 166 valence electrons. The van der Waals surface area contributed by atoms with Crippen LogP contribution in [0.25, 0.3) is 11.3 Å². The van der Waals surface area contributed by atoms with Crippen LogP contribution in [0, 0.1) is 11.8 Å². The summed E-state index contributed by atoms with van der Waals surface area (Å²) < 4.78 is 0. The fraction of sp³-hybridized carbons (Fsp3) is 0.565. The summed E-state index contributed by atoms with van der Waals surface area (Å²) in [5.74, 6) is 1.69. The lowest BCUT2D eigenvalue weighted by Gasteiger charge is -2.28. The van der Waals surface area contributed by atoms with E-state index in [1.54, 1.807) is 18.5 Å². The van der Waals surface area contributed by atoms with Gasteiger partial charge in [0.15, 0.2) is 0 Å². The molecule has 7 nitrogen and oxygen atoms in total. The number of hydrogen-bond donors (Lipinski definition) is 3. The van der Waals surface area contributed by atoms with Gasteiger partial charge in [-0.05, 0) is 57.2 Å². The molecular formula is C23H31ClN6O. The van der Waals surface area contributed by atoms with Gasteiger partial charge in [0.05, 0.1) is 16.6 Å². The highest BCUT2D eigenvalue weighted by atomic mass is 35.5. The van der Waals surface area contributed by atoms with Gasteiger partial charge in [0.25, 0.3) is 0 Å². The standard InChI is InChI=1S/C23H31ClN6O/c1-15(16-6-3-2-4-7-16)28-23-26-11-9-20(29-23)18-12-21(27-14-19(18)24)30-22(31)17-8-5-10-25-13-17/h9,11-12,14-17,25H,2-8,10,13H2,1H3,(H,26,28,29)(H,27,30,31)/t15-,17+/m0/s1. The van der Waals surface area contributed by atoms with Crippen LogP contribution in [0.5, 0.6) is 0 Å². The Morgan fingerprint density at radius 2 is 2.03 bits per heavy atom. The largest absolute Gasteiger partial charge is 0.351 e. The van der Waals surface area contributed by atoms with Crippen LogP contribution >= 0.6 is 11.6 Å². The summed E-state index contributed by atoms with van der Waals surface area (Å²) in [5, 5.41) is 10.2. The second-order valence-corrected chi connectivity index (χ2v) is 9.09. The predicted octanol–water partition coefficient (Wildman–Crippen LogP) is 4.51. The van der Waals surface area contributed by atoms with E-state index in [1.165, 1.54) is 32.1 Å². The highest BCUT2D eigenvalue weighted by Crippen LogP contribution is 2.30. The SMILES string of the molecule is C[C@H](Nc1nccc(-c2cc(NC(=O)[C@@H]3CCCNC3)ncc2Cl)n1)C1CCCCC1. The van der Waals surface area contributed by atoms with Crippen LogP contribution in [0.2, 0.25) is 5.02 Å². The third kappa shape index (κ3) is 5.71. The molecule has 0 spiro atoms. The van der Waals surface area contributed by atoms with Crippen molar-refractivity contribution in [2.24, 2.45) is 11.8 Å². The molecule has 1 aliphatic carbocycles. The van der Waals surface area contributed by atoms with Crippen molar-refractivity contribution in [2.75, 3.05) is 23.7 Å². The average Bonchev–Trinajstić information content (AvgIpc) is 2.81. The van der Waals surface area contributed by atoms with Crippen molar-refractivity contribution in [3.8, 4) is 11.3 Å². The molecule has 2 aromatic rings. The van der Waals surface area contributed by atoms with Crippen LogP contribution in [0.3, 0.4) is 0 Å². The van der Waals surface area contributed by atoms with E-state index < -0.39 is 0 Å². The summed E-state index contributed by atoms with van der Waals surface area (Å²) in [7, 11) is 0. The van der Waals surface area contributed by atoms with Crippen molar-refractivity contribution in [3.05, 3.63) is 29.5 Å². The molecule has 0 unspecified atom stereocenters. The number of rotatable bonds is 6. The smallest absolute Gasteiger partial charge is 0.229 e. The van der Waals surface area contributed by atoms with E-state index in [1.807, 2.05) is 6.07 Å². The van der Waals surface area contributed by atoms with E-state index in [4.69, 9.17) is 16.6 Å². The van der Waals surface area contributed by atoms with E-state index in [-0.39, 0.29) is 11.8 Å². The highest BCUT2D eigenvalue weighted by Gasteiger charge is 2.22. The molecule has 4 rings (SSSR count). The van der Waals surface area contributed by atoms with Crippen LogP contribution < -0.4 is 16.0 Å². The first-order valence-corrected chi connectivity index (χ1v) is 11.7. The van der Waals surface area contributed by atoms with Gasteiger partial charge >= 0.3 is 0 Å². The summed E-state index contributed by atoms with van der Waals surface area (Å²) in [6.45, 7) is 3.88. The van der Waals surface area contributed by atoms with Gasteiger partial charge in [0, 0.05) is 30.5 Å². The predicted molar refractivity (Wildman–Crippen MR) is 124 cm³/mol. The molecular weight excluding hydrogens is 412 g/mol. The number of amides is 1. The zero-order valence-electron chi connectivity index (χ0n) is 18.0.